The zero-order chi connectivity index (χ0) is 17.2. The second kappa shape index (κ2) is 6.73. The van der Waals surface area contributed by atoms with Crippen LogP contribution in [0.5, 0.6) is 5.88 Å². The summed E-state index contributed by atoms with van der Waals surface area (Å²) in [4.78, 5) is 0. The predicted octanol–water partition coefficient (Wildman–Crippen LogP) is 5.42. The molecule has 8 heteroatoms. The molecule has 0 fully saturated rings. The van der Waals surface area contributed by atoms with Crippen LogP contribution in [0.4, 0.5) is 10.8 Å². The number of aromatic nitrogens is 3. The van der Waals surface area contributed by atoms with Crippen LogP contribution in [0, 0.1) is 0 Å². The van der Waals surface area contributed by atoms with E-state index in [2.05, 4.69) is 36.4 Å². The minimum absolute atomic E-state index is 0.0743. The number of nitrogens with zero attached hydrogens (tertiary/aromatic N) is 5. The molecule has 2 aromatic heterocycles. The van der Waals surface area contributed by atoms with Crippen molar-refractivity contribution in [2.24, 2.45) is 10.2 Å². The molecule has 124 valence electrons. The highest BCUT2D eigenvalue weighted by Crippen LogP contribution is 2.40. The quantitative estimate of drug-likeness (QED) is 0.453. The number of hydrogen-bond donors (Lipinski definition) is 1. The zero-order valence-corrected chi connectivity index (χ0v) is 15.3. The second-order valence-electron chi connectivity index (χ2n) is 5.29. The van der Waals surface area contributed by atoms with E-state index in [9.17, 15) is 5.11 Å². The first kappa shape index (κ1) is 15.9. The van der Waals surface area contributed by atoms with Crippen LogP contribution in [0.2, 0.25) is 0 Å². The van der Waals surface area contributed by atoms with Gasteiger partial charge in [-0.25, -0.2) is 0 Å². The molecule has 4 aromatic rings. The lowest BCUT2D eigenvalue weighted by atomic mass is 10.2. The molecule has 0 spiro atoms. The summed E-state index contributed by atoms with van der Waals surface area (Å²) in [6.07, 6.45) is 0. The van der Waals surface area contributed by atoms with E-state index in [1.807, 2.05) is 53.1 Å². The molecule has 0 radical (unpaired) electrons. The summed E-state index contributed by atoms with van der Waals surface area (Å²) >= 11 is 4.84. The lowest BCUT2D eigenvalue weighted by Gasteiger charge is -2.08. The highest BCUT2D eigenvalue weighted by atomic mass is 79.9. The zero-order valence-electron chi connectivity index (χ0n) is 12.9. The SMILES string of the molecule is Oc1c(N=Nc2nncs2)c2ccccc2n1Cc1ccccc1Br. The van der Waals surface area contributed by atoms with Crippen molar-refractivity contribution >= 4 is 49.0 Å². The number of azo groups is 1. The maximum atomic E-state index is 10.8. The first-order valence-electron chi connectivity index (χ1n) is 7.45. The van der Waals surface area contributed by atoms with Gasteiger partial charge in [0.05, 0.1) is 12.1 Å². The summed E-state index contributed by atoms with van der Waals surface area (Å²) in [6.45, 7) is 0.516. The van der Waals surface area contributed by atoms with Gasteiger partial charge in [0.25, 0.3) is 5.13 Å². The Morgan fingerprint density at radius 3 is 2.68 bits per heavy atom. The van der Waals surface area contributed by atoms with Crippen LogP contribution in [-0.4, -0.2) is 19.9 Å². The van der Waals surface area contributed by atoms with Crippen molar-refractivity contribution in [2.45, 2.75) is 6.54 Å². The van der Waals surface area contributed by atoms with Crippen molar-refractivity contribution in [3.63, 3.8) is 0 Å². The predicted molar refractivity (Wildman–Crippen MR) is 101 cm³/mol. The Labute approximate surface area is 155 Å². The topological polar surface area (TPSA) is 75.7 Å². The largest absolute Gasteiger partial charge is 0.493 e. The van der Waals surface area contributed by atoms with E-state index in [0.29, 0.717) is 17.4 Å². The molecular formula is C17H12BrN5OS. The van der Waals surface area contributed by atoms with E-state index < -0.39 is 0 Å². The molecule has 0 unspecified atom stereocenters. The minimum Gasteiger partial charge on any atom is -0.493 e. The van der Waals surface area contributed by atoms with E-state index in [0.717, 1.165) is 20.9 Å². The third-order valence-electron chi connectivity index (χ3n) is 3.79. The summed E-state index contributed by atoms with van der Waals surface area (Å²) in [5.74, 6) is 0.0743. The van der Waals surface area contributed by atoms with Gasteiger partial charge in [-0.1, -0.05) is 63.7 Å². The van der Waals surface area contributed by atoms with Gasteiger partial charge >= 0.3 is 0 Å². The number of rotatable bonds is 4. The van der Waals surface area contributed by atoms with E-state index in [1.54, 1.807) is 5.51 Å². The Morgan fingerprint density at radius 1 is 1.08 bits per heavy atom. The Balaban J connectivity index is 1.82. The number of halogens is 1. The van der Waals surface area contributed by atoms with Crippen LogP contribution in [0.3, 0.4) is 0 Å². The molecule has 0 atom stereocenters. The number of para-hydroxylation sites is 1. The van der Waals surface area contributed by atoms with Gasteiger partial charge in [-0.3, -0.25) is 0 Å². The maximum Gasteiger partial charge on any atom is 0.251 e. The summed E-state index contributed by atoms with van der Waals surface area (Å²) in [5.41, 5.74) is 3.97. The molecule has 0 aliphatic heterocycles. The van der Waals surface area contributed by atoms with Crippen molar-refractivity contribution in [1.29, 1.82) is 0 Å². The molecule has 0 aliphatic rings. The monoisotopic (exact) mass is 413 g/mol. The van der Waals surface area contributed by atoms with Gasteiger partial charge < -0.3 is 9.67 Å². The molecule has 0 amide bonds. The average Bonchev–Trinajstić information content (AvgIpc) is 3.23. The molecule has 2 aromatic carbocycles. The van der Waals surface area contributed by atoms with Crippen molar-refractivity contribution in [2.75, 3.05) is 0 Å². The molecule has 2 heterocycles. The molecule has 0 aliphatic carbocycles. The highest BCUT2D eigenvalue weighted by molar-refractivity contribution is 9.10. The van der Waals surface area contributed by atoms with Crippen LogP contribution < -0.4 is 0 Å². The maximum absolute atomic E-state index is 10.8. The van der Waals surface area contributed by atoms with E-state index in [1.165, 1.54) is 11.3 Å². The molecule has 0 bridgehead atoms. The summed E-state index contributed by atoms with van der Waals surface area (Å²) in [5, 5.41) is 27.9. The fourth-order valence-electron chi connectivity index (χ4n) is 2.63. The van der Waals surface area contributed by atoms with E-state index in [-0.39, 0.29) is 5.88 Å². The minimum atomic E-state index is 0.0743. The Bertz CT molecular complexity index is 1060. The third-order valence-corrected chi connectivity index (χ3v) is 5.14. The van der Waals surface area contributed by atoms with Crippen molar-refractivity contribution in [1.82, 2.24) is 14.8 Å². The lowest BCUT2D eigenvalue weighted by Crippen LogP contribution is -1.99. The fraction of sp³-hybridized carbons (Fsp3) is 0.0588. The van der Waals surface area contributed by atoms with Crippen LogP contribution in [0.1, 0.15) is 5.56 Å². The van der Waals surface area contributed by atoms with Gasteiger partial charge in [0.2, 0.25) is 5.88 Å². The third kappa shape index (κ3) is 3.06. The van der Waals surface area contributed by atoms with Crippen LogP contribution in [0.15, 0.2) is 68.7 Å². The van der Waals surface area contributed by atoms with Crippen LogP contribution >= 0.6 is 27.3 Å². The van der Waals surface area contributed by atoms with Gasteiger partial charge in [0.1, 0.15) is 5.51 Å². The molecule has 25 heavy (non-hydrogen) atoms. The number of fused-ring (bicyclic) bond motifs is 1. The molecule has 0 saturated carbocycles. The normalized spacial score (nSPS) is 11.6. The highest BCUT2D eigenvalue weighted by Gasteiger charge is 2.17. The summed E-state index contributed by atoms with van der Waals surface area (Å²) < 4.78 is 2.81. The summed E-state index contributed by atoms with van der Waals surface area (Å²) in [7, 11) is 0. The van der Waals surface area contributed by atoms with E-state index >= 15 is 0 Å². The number of aromatic hydroxyl groups is 1. The Morgan fingerprint density at radius 2 is 1.88 bits per heavy atom. The van der Waals surface area contributed by atoms with Crippen molar-refractivity contribution in [3.8, 4) is 5.88 Å². The van der Waals surface area contributed by atoms with Crippen LogP contribution in [0.25, 0.3) is 10.9 Å². The average molecular weight is 414 g/mol. The van der Waals surface area contributed by atoms with Crippen LogP contribution in [-0.2, 0) is 6.54 Å². The smallest absolute Gasteiger partial charge is 0.251 e. The van der Waals surface area contributed by atoms with Crippen molar-refractivity contribution in [3.05, 3.63) is 64.1 Å². The van der Waals surface area contributed by atoms with Gasteiger partial charge in [-0.15, -0.1) is 20.4 Å². The number of benzene rings is 2. The van der Waals surface area contributed by atoms with E-state index in [4.69, 9.17) is 0 Å². The number of hydrogen-bond acceptors (Lipinski definition) is 6. The van der Waals surface area contributed by atoms with Gasteiger partial charge in [0, 0.05) is 9.86 Å². The molecule has 1 N–H and O–H groups in total. The van der Waals surface area contributed by atoms with Crippen molar-refractivity contribution < 1.29 is 5.11 Å². The van der Waals surface area contributed by atoms with Gasteiger partial charge in [-0.2, -0.15) is 0 Å². The Hall–Kier alpha value is -2.58. The molecule has 6 nitrogen and oxygen atoms in total. The second-order valence-corrected chi connectivity index (χ2v) is 6.95. The molecular weight excluding hydrogens is 402 g/mol. The standard InChI is InChI=1S/C17H12BrN5OS/c18-13-7-3-1-5-11(13)9-23-14-8-4-2-6-12(14)15(16(23)24)20-22-17-21-19-10-25-17/h1-8,10,24H,9H2. The van der Waals surface area contributed by atoms with Gasteiger partial charge in [-0.05, 0) is 17.7 Å². The first-order valence-corrected chi connectivity index (χ1v) is 9.13. The molecule has 4 rings (SSSR count). The molecule has 0 saturated heterocycles. The lowest BCUT2D eigenvalue weighted by molar-refractivity contribution is 0.429. The van der Waals surface area contributed by atoms with Gasteiger partial charge in [0.15, 0.2) is 5.69 Å². The fourth-order valence-corrected chi connectivity index (χ4v) is 3.41. The summed E-state index contributed by atoms with van der Waals surface area (Å²) in [6, 6.07) is 15.6. The Kier molecular flexibility index (Phi) is 4.29. The first-order chi connectivity index (χ1) is 12.2.